The van der Waals surface area contributed by atoms with Crippen molar-refractivity contribution in [3.8, 4) is 0 Å². The van der Waals surface area contributed by atoms with Crippen LogP contribution in [-0.2, 0) is 10.2 Å². The molecule has 1 fully saturated rings. The average Bonchev–Trinajstić information content (AvgIpc) is 2.95. The van der Waals surface area contributed by atoms with Gasteiger partial charge in [-0.25, -0.2) is 14.8 Å². The molecule has 0 saturated carbocycles. The maximum atomic E-state index is 10.9. The van der Waals surface area contributed by atoms with E-state index in [0.29, 0.717) is 12.5 Å². The summed E-state index contributed by atoms with van der Waals surface area (Å²) >= 11 is 0. The highest BCUT2D eigenvalue weighted by molar-refractivity contribution is 7.87. The second kappa shape index (κ2) is 6.23. The minimum atomic E-state index is -3.57. The Bertz CT molecular complexity index is 735. The highest BCUT2D eigenvalue weighted by atomic mass is 32.2. The number of H-pyrrole nitrogens is 1. The van der Waals surface area contributed by atoms with Crippen molar-refractivity contribution in [2.75, 3.05) is 24.5 Å². The van der Waals surface area contributed by atoms with Gasteiger partial charge >= 0.3 is 0 Å². The molecule has 3 heterocycles. The summed E-state index contributed by atoms with van der Waals surface area (Å²) in [7, 11) is -3.57. The first-order valence-corrected chi connectivity index (χ1v) is 9.02. The molecule has 1 aliphatic heterocycles. The molecule has 2 aromatic rings. The van der Waals surface area contributed by atoms with Crippen LogP contribution in [0.4, 0.5) is 5.69 Å². The molecule has 120 valence electrons. The third-order valence-corrected chi connectivity index (χ3v) is 4.85. The summed E-state index contributed by atoms with van der Waals surface area (Å²) in [5.74, 6) is 0.536. The highest BCUT2D eigenvalue weighted by Crippen LogP contribution is 2.29. The topological polar surface area (TPSA) is 104 Å². The third-order valence-electron chi connectivity index (χ3n) is 4.25. The zero-order valence-corrected chi connectivity index (χ0v) is 13.1. The molecule has 0 bridgehead atoms. The van der Waals surface area contributed by atoms with Crippen molar-refractivity contribution in [3.63, 3.8) is 0 Å². The molecule has 0 radical (unpaired) electrons. The first-order valence-electron chi connectivity index (χ1n) is 7.47. The van der Waals surface area contributed by atoms with Gasteiger partial charge in [-0.15, -0.1) is 0 Å². The molecule has 0 aliphatic carbocycles. The summed E-state index contributed by atoms with van der Waals surface area (Å²) in [5, 5.41) is 6.09. The van der Waals surface area contributed by atoms with Crippen molar-refractivity contribution < 1.29 is 8.42 Å². The summed E-state index contributed by atoms with van der Waals surface area (Å²) in [6.45, 7) is 2.37. The molecule has 1 saturated heterocycles. The molecule has 0 atom stereocenters. The average molecular weight is 323 g/mol. The Morgan fingerprint density at radius 1 is 1.36 bits per heavy atom. The summed E-state index contributed by atoms with van der Waals surface area (Å²) in [6, 6.07) is 4.11. The number of piperidine rings is 1. The maximum Gasteiger partial charge on any atom is 0.274 e. The fraction of sp³-hybridized carbons (Fsp3) is 0.500. The lowest BCUT2D eigenvalue weighted by atomic mass is 9.93. The van der Waals surface area contributed by atoms with Crippen LogP contribution in [0.5, 0.6) is 0 Å². The van der Waals surface area contributed by atoms with Gasteiger partial charge in [-0.3, -0.25) is 0 Å². The number of nitrogens with one attached hydrogen (secondary N) is 2. The van der Waals surface area contributed by atoms with E-state index in [2.05, 4.69) is 31.7 Å². The van der Waals surface area contributed by atoms with Gasteiger partial charge < -0.3 is 9.88 Å². The monoisotopic (exact) mass is 323 g/mol. The quantitative estimate of drug-likeness (QED) is 0.762. The number of hydrogen-bond acceptors (Lipinski definition) is 4. The van der Waals surface area contributed by atoms with Crippen LogP contribution in [0.25, 0.3) is 11.0 Å². The molecule has 0 aromatic carbocycles. The summed E-state index contributed by atoms with van der Waals surface area (Å²) in [6.07, 6.45) is 6.68. The van der Waals surface area contributed by atoms with E-state index in [-0.39, 0.29) is 0 Å². The van der Waals surface area contributed by atoms with E-state index < -0.39 is 10.2 Å². The maximum absolute atomic E-state index is 10.9. The van der Waals surface area contributed by atoms with Gasteiger partial charge in [0.25, 0.3) is 10.2 Å². The first kappa shape index (κ1) is 15.3. The van der Waals surface area contributed by atoms with Crippen molar-refractivity contribution >= 4 is 26.9 Å². The molecule has 7 nitrogen and oxygen atoms in total. The summed E-state index contributed by atoms with van der Waals surface area (Å²) in [5.41, 5.74) is 2.13. The van der Waals surface area contributed by atoms with Crippen LogP contribution in [0.3, 0.4) is 0 Å². The molecule has 0 unspecified atom stereocenters. The first-order chi connectivity index (χ1) is 10.5. The predicted molar refractivity (Wildman–Crippen MR) is 86.8 cm³/mol. The Labute approximate surface area is 130 Å². The van der Waals surface area contributed by atoms with Gasteiger partial charge in [0.1, 0.15) is 5.65 Å². The Morgan fingerprint density at radius 3 is 2.86 bits per heavy atom. The van der Waals surface area contributed by atoms with Gasteiger partial charge in [-0.1, -0.05) is 0 Å². The second-order valence-electron chi connectivity index (χ2n) is 5.73. The van der Waals surface area contributed by atoms with Crippen LogP contribution in [0.2, 0.25) is 0 Å². The molecule has 2 aromatic heterocycles. The van der Waals surface area contributed by atoms with Gasteiger partial charge in [0.15, 0.2) is 0 Å². The van der Waals surface area contributed by atoms with E-state index in [1.165, 1.54) is 5.69 Å². The third kappa shape index (κ3) is 3.57. The number of rotatable bonds is 5. The van der Waals surface area contributed by atoms with Crippen LogP contribution in [-0.4, -0.2) is 38.0 Å². The Balaban J connectivity index is 1.57. The number of hydrogen-bond donors (Lipinski definition) is 3. The van der Waals surface area contributed by atoms with Crippen LogP contribution in [0, 0.1) is 5.92 Å². The van der Waals surface area contributed by atoms with Crippen molar-refractivity contribution in [2.24, 2.45) is 11.1 Å². The fourth-order valence-electron chi connectivity index (χ4n) is 3.09. The van der Waals surface area contributed by atoms with Gasteiger partial charge in [-0.2, -0.15) is 8.42 Å². The molecule has 4 N–H and O–H groups in total. The van der Waals surface area contributed by atoms with Crippen LogP contribution < -0.4 is 14.8 Å². The van der Waals surface area contributed by atoms with E-state index in [9.17, 15) is 8.42 Å². The van der Waals surface area contributed by atoms with Crippen LogP contribution >= 0.6 is 0 Å². The second-order valence-corrected chi connectivity index (χ2v) is 7.11. The Hall–Kier alpha value is -1.64. The van der Waals surface area contributed by atoms with E-state index in [4.69, 9.17) is 5.14 Å². The van der Waals surface area contributed by atoms with Crippen molar-refractivity contribution in [3.05, 3.63) is 24.5 Å². The highest BCUT2D eigenvalue weighted by Gasteiger charge is 2.21. The number of aromatic nitrogens is 2. The summed E-state index contributed by atoms with van der Waals surface area (Å²) in [4.78, 5) is 9.83. The number of nitrogens with zero attached hydrogens (tertiary/aromatic N) is 2. The Kier molecular flexibility index (Phi) is 4.32. The lowest BCUT2D eigenvalue weighted by Crippen LogP contribution is -2.36. The molecule has 0 amide bonds. The van der Waals surface area contributed by atoms with Gasteiger partial charge in [0, 0.05) is 43.1 Å². The number of aromatic amines is 1. The molecular weight excluding hydrogens is 302 g/mol. The van der Waals surface area contributed by atoms with E-state index in [1.54, 1.807) is 0 Å². The normalized spacial score (nSPS) is 17.2. The van der Waals surface area contributed by atoms with Crippen molar-refractivity contribution in [1.82, 2.24) is 14.7 Å². The van der Waals surface area contributed by atoms with Gasteiger partial charge in [-0.05, 0) is 37.3 Å². The fourth-order valence-corrected chi connectivity index (χ4v) is 3.49. The molecule has 1 aliphatic rings. The van der Waals surface area contributed by atoms with Crippen LogP contribution in [0.1, 0.15) is 19.3 Å². The SMILES string of the molecule is NS(=O)(=O)NCCC1CCN(c2ccnc3[nH]ccc23)CC1. The number of pyridine rings is 1. The van der Waals surface area contributed by atoms with Gasteiger partial charge in [0.05, 0.1) is 0 Å². The van der Waals surface area contributed by atoms with Crippen molar-refractivity contribution in [2.45, 2.75) is 19.3 Å². The van der Waals surface area contributed by atoms with E-state index in [0.717, 1.165) is 43.4 Å². The van der Waals surface area contributed by atoms with Crippen molar-refractivity contribution in [1.29, 1.82) is 0 Å². The molecular formula is C14H21N5O2S. The van der Waals surface area contributed by atoms with E-state index in [1.807, 2.05) is 12.4 Å². The lowest BCUT2D eigenvalue weighted by molar-refractivity contribution is 0.382. The number of fused-ring (bicyclic) bond motifs is 1. The zero-order chi connectivity index (χ0) is 15.6. The number of anilines is 1. The molecule has 3 rings (SSSR count). The molecule has 8 heteroatoms. The lowest BCUT2D eigenvalue weighted by Gasteiger charge is -2.34. The number of nitrogens with two attached hydrogens (primary N) is 1. The summed E-state index contributed by atoms with van der Waals surface area (Å²) < 4.78 is 24.1. The minimum Gasteiger partial charge on any atom is -0.371 e. The minimum absolute atomic E-state index is 0.417. The van der Waals surface area contributed by atoms with Crippen LogP contribution in [0.15, 0.2) is 24.5 Å². The van der Waals surface area contributed by atoms with E-state index >= 15 is 0 Å². The van der Waals surface area contributed by atoms with Gasteiger partial charge in [0.2, 0.25) is 0 Å². The smallest absolute Gasteiger partial charge is 0.274 e. The largest absolute Gasteiger partial charge is 0.371 e. The Morgan fingerprint density at radius 2 is 2.14 bits per heavy atom. The molecule has 0 spiro atoms. The predicted octanol–water partition coefficient (Wildman–Crippen LogP) is 0.963. The standard InChI is InChI=1S/C14H21N5O2S/c15-22(20,21)18-8-1-11-4-9-19(10-5-11)13-3-7-17-14-12(13)2-6-16-14/h2-3,6-7,11,18H,1,4-5,8-10H2,(H,16,17)(H2,15,20,21). The zero-order valence-electron chi connectivity index (χ0n) is 12.3. The molecule has 22 heavy (non-hydrogen) atoms.